The highest BCUT2D eigenvalue weighted by atomic mass is 79.9. The lowest BCUT2D eigenvalue weighted by Gasteiger charge is -2.20. The molecule has 4 heteroatoms. The maximum atomic E-state index is 6.00. The number of benzene rings is 1. The van der Waals surface area contributed by atoms with Gasteiger partial charge in [-0.05, 0) is 26.8 Å². The number of nitrogens with zero attached hydrogens (tertiary/aromatic N) is 2. The molecule has 2 aromatic rings. The fourth-order valence-electron chi connectivity index (χ4n) is 1.73. The summed E-state index contributed by atoms with van der Waals surface area (Å²) in [5, 5.41) is 4.57. The molecule has 0 fully saturated rings. The first-order valence-electron chi connectivity index (χ1n) is 5.50. The number of anilines is 1. The molecule has 2 rings (SSSR count). The van der Waals surface area contributed by atoms with E-state index in [-0.39, 0.29) is 5.54 Å². The van der Waals surface area contributed by atoms with Crippen LogP contribution in [0.2, 0.25) is 0 Å². The minimum absolute atomic E-state index is 0.108. The van der Waals surface area contributed by atoms with Crippen LogP contribution in [0.15, 0.2) is 34.8 Å². The minimum Gasteiger partial charge on any atom is -0.384 e. The van der Waals surface area contributed by atoms with Gasteiger partial charge in [0.2, 0.25) is 0 Å². The van der Waals surface area contributed by atoms with Crippen molar-refractivity contribution in [1.29, 1.82) is 0 Å². The van der Waals surface area contributed by atoms with Crippen molar-refractivity contribution in [3.63, 3.8) is 0 Å². The fourth-order valence-corrected chi connectivity index (χ4v) is 2.22. The molecule has 0 atom stereocenters. The monoisotopic (exact) mass is 293 g/mol. The number of aromatic nitrogens is 2. The second kappa shape index (κ2) is 4.18. The lowest BCUT2D eigenvalue weighted by Crippen LogP contribution is -2.24. The van der Waals surface area contributed by atoms with Crippen LogP contribution >= 0.6 is 15.9 Å². The summed E-state index contributed by atoms with van der Waals surface area (Å²) in [5.41, 5.74) is 7.84. The Bertz CT molecular complexity index is 538. The van der Waals surface area contributed by atoms with Crippen LogP contribution < -0.4 is 5.73 Å². The van der Waals surface area contributed by atoms with Gasteiger partial charge in [0.25, 0.3) is 0 Å². The number of rotatable bonds is 1. The maximum Gasteiger partial charge on any atom is 0.122 e. The second-order valence-corrected chi connectivity index (χ2v) is 5.87. The molecular weight excluding hydrogens is 278 g/mol. The summed E-state index contributed by atoms with van der Waals surface area (Å²) < 4.78 is 2.88. The summed E-state index contributed by atoms with van der Waals surface area (Å²) in [6.07, 6.45) is 0. The van der Waals surface area contributed by atoms with Crippen LogP contribution in [0.1, 0.15) is 20.8 Å². The molecule has 1 aromatic heterocycles. The molecule has 0 saturated carbocycles. The molecule has 90 valence electrons. The van der Waals surface area contributed by atoms with Crippen LogP contribution in [-0.4, -0.2) is 9.78 Å². The van der Waals surface area contributed by atoms with Gasteiger partial charge >= 0.3 is 0 Å². The minimum atomic E-state index is -0.108. The highest BCUT2D eigenvalue weighted by Crippen LogP contribution is 2.30. The van der Waals surface area contributed by atoms with Crippen molar-refractivity contribution >= 4 is 21.7 Å². The molecule has 0 aliphatic heterocycles. The lowest BCUT2D eigenvalue weighted by atomic mass is 10.1. The average molecular weight is 294 g/mol. The van der Waals surface area contributed by atoms with E-state index in [0.717, 1.165) is 15.7 Å². The zero-order valence-corrected chi connectivity index (χ0v) is 11.8. The third-order valence-electron chi connectivity index (χ3n) is 2.52. The Morgan fingerprint density at radius 1 is 1.24 bits per heavy atom. The molecule has 0 saturated heterocycles. The van der Waals surface area contributed by atoms with Gasteiger partial charge in [0.05, 0.1) is 11.2 Å². The Morgan fingerprint density at radius 3 is 2.41 bits per heavy atom. The largest absolute Gasteiger partial charge is 0.384 e. The smallest absolute Gasteiger partial charge is 0.122 e. The van der Waals surface area contributed by atoms with Gasteiger partial charge in [-0.1, -0.05) is 34.1 Å². The number of hydrogen-bond acceptors (Lipinski definition) is 2. The van der Waals surface area contributed by atoms with Crippen LogP contribution in [0.3, 0.4) is 0 Å². The van der Waals surface area contributed by atoms with E-state index in [1.165, 1.54) is 0 Å². The van der Waals surface area contributed by atoms with Crippen molar-refractivity contribution in [1.82, 2.24) is 9.78 Å². The summed E-state index contributed by atoms with van der Waals surface area (Å²) in [6.45, 7) is 6.25. The van der Waals surface area contributed by atoms with Gasteiger partial charge in [-0.15, -0.1) is 0 Å². The summed E-state index contributed by atoms with van der Waals surface area (Å²) in [4.78, 5) is 0. The molecule has 0 bridgehead atoms. The average Bonchev–Trinajstić information content (AvgIpc) is 2.60. The van der Waals surface area contributed by atoms with E-state index in [1.54, 1.807) is 0 Å². The first-order valence-corrected chi connectivity index (χ1v) is 6.30. The van der Waals surface area contributed by atoms with Crippen molar-refractivity contribution in [2.75, 3.05) is 5.73 Å². The molecule has 0 aliphatic carbocycles. The van der Waals surface area contributed by atoms with Crippen LogP contribution in [0.5, 0.6) is 0 Å². The van der Waals surface area contributed by atoms with Gasteiger partial charge in [-0.25, -0.2) is 4.68 Å². The van der Waals surface area contributed by atoms with E-state index < -0.39 is 0 Å². The van der Waals surface area contributed by atoms with E-state index in [4.69, 9.17) is 5.73 Å². The molecule has 1 heterocycles. The summed E-state index contributed by atoms with van der Waals surface area (Å²) in [6, 6.07) is 9.91. The molecule has 2 N–H and O–H groups in total. The van der Waals surface area contributed by atoms with E-state index in [1.807, 2.05) is 35.0 Å². The van der Waals surface area contributed by atoms with E-state index in [9.17, 15) is 0 Å². The molecule has 0 amide bonds. The van der Waals surface area contributed by atoms with Gasteiger partial charge in [-0.3, -0.25) is 0 Å². The third-order valence-corrected chi connectivity index (χ3v) is 3.21. The topological polar surface area (TPSA) is 43.8 Å². The van der Waals surface area contributed by atoms with Crippen LogP contribution in [0, 0.1) is 0 Å². The molecular formula is C13H16BrN3. The van der Waals surface area contributed by atoms with E-state index in [0.29, 0.717) is 5.82 Å². The molecule has 3 nitrogen and oxygen atoms in total. The predicted molar refractivity (Wildman–Crippen MR) is 74.8 cm³/mol. The molecule has 0 radical (unpaired) electrons. The lowest BCUT2D eigenvalue weighted by molar-refractivity contribution is 0.362. The second-order valence-electron chi connectivity index (χ2n) is 5.02. The third kappa shape index (κ3) is 2.36. The zero-order chi connectivity index (χ0) is 12.6. The highest BCUT2D eigenvalue weighted by molar-refractivity contribution is 9.10. The van der Waals surface area contributed by atoms with Gasteiger partial charge in [-0.2, -0.15) is 5.10 Å². The van der Waals surface area contributed by atoms with E-state index >= 15 is 0 Å². The van der Waals surface area contributed by atoms with Crippen LogP contribution in [0.25, 0.3) is 11.3 Å². The summed E-state index contributed by atoms with van der Waals surface area (Å²) in [7, 11) is 0. The molecule has 17 heavy (non-hydrogen) atoms. The predicted octanol–water partition coefficient (Wildman–Crippen LogP) is 3.65. The molecule has 0 spiro atoms. The number of hydrogen-bond donors (Lipinski definition) is 1. The maximum absolute atomic E-state index is 6.00. The van der Waals surface area contributed by atoms with Crippen LogP contribution in [0.4, 0.5) is 5.82 Å². The fraction of sp³-hybridized carbons (Fsp3) is 0.308. The van der Waals surface area contributed by atoms with Gasteiger partial charge in [0, 0.05) is 16.1 Å². The Morgan fingerprint density at radius 2 is 1.88 bits per heavy atom. The SMILES string of the molecule is CC(C)(C)n1nc(-c2ccccc2Br)cc1N. The van der Waals surface area contributed by atoms with Crippen molar-refractivity contribution in [2.45, 2.75) is 26.3 Å². The van der Waals surface area contributed by atoms with Crippen molar-refractivity contribution in [3.8, 4) is 11.3 Å². The Balaban J connectivity index is 2.53. The van der Waals surface area contributed by atoms with Crippen LogP contribution in [-0.2, 0) is 5.54 Å². The number of nitrogens with two attached hydrogens (primary N) is 1. The first-order chi connectivity index (χ1) is 7.89. The van der Waals surface area contributed by atoms with Gasteiger partial charge in [0.15, 0.2) is 0 Å². The standard InChI is InChI=1S/C13H16BrN3/c1-13(2,3)17-12(15)8-11(16-17)9-6-4-5-7-10(9)14/h4-8H,15H2,1-3H3. The molecule has 0 aliphatic rings. The van der Waals surface area contributed by atoms with Crippen molar-refractivity contribution in [2.24, 2.45) is 0 Å². The quantitative estimate of drug-likeness (QED) is 0.872. The Hall–Kier alpha value is -1.29. The number of halogens is 1. The highest BCUT2D eigenvalue weighted by Gasteiger charge is 2.19. The Labute approximate surface area is 110 Å². The number of nitrogen functional groups attached to an aromatic ring is 1. The zero-order valence-electron chi connectivity index (χ0n) is 10.2. The first kappa shape index (κ1) is 12.2. The van der Waals surface area contributed by atoms with Gasteiger partial charge in [0.1, 0.15) is 5.82 Å². The summed E-state index contributed by atoms with van der Waals surface area (Å²) >= 11 is 3.53. The normalized spacial score (nSPS) is 11.8. The van der Waals surface area contributed by atoms with Crippen molar-refractivity contribution < 1.29 is 0 Å². The van der Waals surface area contributed by atoms with Crippen molar-refractivity contribution in [3.05, 3.63) is 34.8 Å². The van der Waals surface area contributed by atoms with E-state index in [2.05, 4.69) is 41.8 Å². The molecule has 0 unspecified atom stereocenters. The molecule has 1 aromatic carbocycles. The van der Waals surface area contributed by atoms with Gasteiger partial charge < -0.3 is 5.73 Å². The summed E-state index contributed by atoms with van der Waals surface area (Å²) in [5.74, 6) is 0.684. The Kier molecular flexibility index (Phi) is 3.00.